The van der Waals surface area contributed by atoms with Gasteiger partial charge in [-0.1, -0.05) is 18.2 Å². The molecule has 0 saturated heterocycles. The molecule has 0 unspecified atom stereocenters. The Labute approximate surface area is 148 Å². The van der Waals surface area contributed by atoms with Crippen molar-refractivity contribution in [3.8, 4) is 5.75 Å². The summed E-state index contributed by atoms with van der Waals surface area (Å²) in [6, 6.07) is 14.2. The van der Waals surface area contributed by atoms with Crippen LogP contribution in [0.15, 0.2) is 59.5 Å². The van der Waals surface area contributed by atoms with Crippen LogP contribution in [-0.4, -0.2) is 34.4 Å². The van der Waals surface area contributed by atoms with E-state index in [0.717, 1.165) is 0 Å². The van der Waals surface area contributed by atoms with E-state index in [1.165, 1.54) is 12.1 Å². The van der Waals surface area contributed by atoms with Crippen molar-refractivity contribution in [3.63, 3.8) is 0 Å². The van der Waals surface area contributed by atoms with Crippen molar-refractivity contribution in [1.29, 1.82) is 0 Å². The predicted octanol–water partition coefficient (Wildman–Crippen LogP) is 2.69. The summed E-state index contributed by atoms with van der Waals surface area (Å²) in [7, 11) is -7.43. The second-order valence-corrected chi connectivity index (χ2v) is 9.69. The Morgan fingerprint density at radius 1 is 0.880 bits per heavy atom. The summed E-state index contributed by atoms with van der Waals surface area (Å²) in [4.78, 5) is 0.111. The van der Waals surface area contributed by atoms with Crippen LogP contribution in [0.1, 0.15) is 13.8 Å². The first-order chi connectivity index (χ1) is 11.7. The summed E-state index contributed by atoms with van der Waals surface area (Å²) in [5.41, 5.74) is 0.355. The largest absolute Gasteiger partial charge is 0.491 e. The van der Waals surface area contributed by atoms with Gasteiger partial charge in [0.15, 0.2) is 9.84 Å². The van der Waals surface area contributed by atoms with E-state index in [1.807, 2.05) is 13.8 Å². The van der Waals surface area contributed by atoms with Crippen LogP contribution in [0.4, 0.5) is 5.69 Å². The Morgan fingerprint density at radius 2 is 1.48 bits per heavy atom. The number of hydrogen-bond acceptors (Lipinski definition) is 5. The summed E-state index contributed by atoms with van der Waals surface area (Å²) in [6.45, 7) is 3.79. The highest BCUT2D eigenvalue weighted by molar-refractivity contribution is 7.95. The summed E-state index contributed by atoms with van der Waals surface area (Å²) in [5.74, 6) is -0.375. The van der Waals surface area contributed by atoms with E-state index < -0.39 is 31.4 Å². The molecular formula is C17H21NO5S2. The van der Waals surface area contributed by atoms with Gasteiger partial charge in [0.1, 0.15) is 5.75 Å². The molecule has 0 bridgehead atoms. The summed E-state index contributed by atoms with van der Waals surface area (Å²) in [5, 5.41) is 0. The van der Waals surface area contributed by atoms with Crippen molar-refractivity contribution in [2.75, 3.05) is 16.2 Å². The molecule has 0 heterocycles. The highest BCUT2D eigenvalue weighted by Gasteiger charge is 2.19. The standard InChI is InChI=1S/C17H21NO5S2/c1-14(2)23-16-10-8-15(9-11-16)18-25(21,22)13-12-24(19,20)17-6-4-3-5-7-17/h3-11,14,18H,12-13H2,1-2H3. The SMILES string of the molecule is CC(C)Oc1ccc(NS(=O)(=O)CCS(=O)(=O)c2ccccc2)cc1. The fourth-order valence-electron chi connectivity index (χ4n) is 2.07. The quantitative estimate of drug-likeness (QED) is 0.757. The highest BCUT2D eigenvalue weighted by Crippen LogP contribution is 2.18. The molecule has 1 N–H and O–H groups in total. The number of sulfonamides is 1. The number of benzene rings is 2. The molecule has 0 amide bonds. The number of anilines is 1. The maximum Gasteiger partial charge on any atom is 0.233 e. The van der Waals surface area contributed by atoms with Crippen LogP contribution >= 0.6 is 0 Å². The zero-order valence-electron chi connectivity index (χ0n) is 14.0. The number of sulfone groups is 1. The van der Waals surface area contributed by atoms with Gasteiger partial charge in [-0.3, -0.25) is 4.72 Å². The summed E-state index contributed by atoms with van der Waals surface area (Å²) >= 11 is 0. The third-order valence-corrected chi connectivity index (χ3v) is 6.50. The Bertz CT molecular complexity index is 890. The lowest BCUT2D eigenvalue weighted by molar-refractivity contribution is 0.242. The average molecular weight is 383 g/mol. The Kier molecular flexibility index (Phi) is 6.07. The maximum absolute atomic E-state index is 12.2. The van der Waals surface area contributed by atoms with Gasteiger partial charge in [0.05, 0.1) is 22.5 Å². The van der Waals surface area contributed by atoms with Crippen molar-refractivity contribution in [1.82, 2.24) is 0 Å². The van der Waals surface area contributed by atoms with Crippen LogP contribution in [0.3, 0.4) is 0 Å². The van der Waals surface area contributed by atoms with E-state index in [-0.39, 0.29) is 11.0 Å². The van der Waals surface area contributed by atoms with E-state index in [9.17, 15) is 16.8 Å². The van der Waals surface area contributed by atoms with Crippen LogP contribution < -0.4 is 9.46 Å². The number of hydrogen-bond donors (Lipinski definition) is 1. The van der Waals surface area contributed by atoms with Crippen molar-refractivity contribution in [2.45, 2.75) is 24.8 Å². The third kappa shape index (κ3) is 6.06. The summed E-state index contributed by atoms with van der Waals surface area (Å²) < 4.78 is 56.5. The molecule has 0 saturated carbocycles. The second kappa shape index (κ2) is 7.88. The first kappa shape index (κ1) is 19.3. The first-order valence-electron chi connectivity index (χ1n) is 7.73. The van der Waals surface area contributed by atoms with Crippen LogP contribution in [0.5, 0.6) is 5.75 Å². The first-order valence-corrected chi connectivity index (χ1v) is 11.0. The average Bonchev–Trinajstić information content (AvgIpc) is 2.55. The minimum absolute atomic E-state index is 0.0192. The van der Waals surface area contributed by atoms with Crippen LogP contribution in [0, 0.1) is 0 Å². The molecule has 2 aromatic carbocycles. The van der Waals surface area contributed by atoms with Gasteiger partial charge in [0, 0.05) is 5.69 Å². The molecular weight excluding hydrogens is 362 g/mol. The molecule has 0 fully saturated rings. The topological polar surface area (TPSA) is 89.5 Å². The lowest BCUT2D eigenvalue weighted by atomic mass is 10.3. The van der Waals surface area contributed by atoms with Gasteiger partial charge < -0.3 is 4.74 Å². The van der Waals surface area contributed by atoms with E-state index in [4.69, 9.17) is 4.74 Å². The molecule has 0 radical (unpaired) electrons. The number of rotatable bonds is 8. The Morgan fingerprint density at radius 3 is 2.04 bits per heavy atom. The van der Waals surface area contributed by atoms with Gasteiger partial charge in [-0.2, -0.15) is 0 Å². The van der Waals surface area contributed by atoms with E-state index in [1.54, 1.807) is 42.5 Å². The van der Waals surface area contributed by atoms with Gasteiger partial charge in [0.2, 0.25) is 10.0 Å². The van der Waals surface area contributed by atoms with Gasteiger partial charge in [-0.05, 0) is 50.2 Å². The van der Waals surface area contributed by atoms with Crippen LogP contribution in [0.2, 0.25) is 0 Å². The lowest BCUT2D eigenvalue weighted by Crippen LogP contribution is -2.23. The van der Waals surface area contributed by atoms with Crippen LogP contribution in [-0.2, 0) is 19.9 Å². The van der Waals surface area contributed by atoms with Gasteiger partial charge >= 0.3 is 0 Å². The molecule has 0 atom stereocenters. The molecule has 8 heteroatoms. The second-order valence-electron chi connectivity index (χ2n) is 5.74. The van der Waals surface area contributed by atoms with Crippen molar-refractivity contribution >= 4 is 25.5 Å². The molecule has 136 valence electrons. The molecule has 0 aliphatic carbocycles. The third-order valence-electron chi connectivity index (χ3n) is 3.22. The summed E-state index contributed by atoms with van der Waals surface area (Å²) in [6.07, 6.45) is 0.0192. The monoisotopic (exact) mass is 383 g/mol. The number of ether oxygens (including phenoxy) is 1. The zero-order valence-corrected chi connectivity index (χ0v) is 15.7. The minimum Gasteiger partial charge on any atom is -0.491 e. The van der Waals surface area contributed by atoms with Crippen molar-refractivity contribution in [3.05, 3.63) is 54.6 Å². The Hall–Kier alpha value is -2.06. The molecule has 0 spiro atoms. The molecule has 0 aromatic heterocycles. The molecule has 2 rings (SSSR count). The van der Waals surface area contributed by atoms with Gasteiger partial charge in [-0.25, -0.2) is 16.8 Å². The lowest BCUT2D eigenvalue weighted by Gasteiger charge is -2.11. The highest BCUT2D eigenvalue weighted by atomic mass is 32.2. The van der Waals surface area contributed by atoms with Gasteiger partial charge in [0.25, 0.3) is 0 Å². The molecule has 6 nitrogen and oxygen atoms in total. The zero-order chi connectivity index (χ0) is 18.5. The van der Waals surface area contributed by atoms with E-state index >= 15 is 0 Å². The van der Waals surface area contributed by atoms with Crippen molar-refractivity contribution in [2.24, 2.45) is 0 Å². The van der Waals surface area contributed by atoms with Crippen molar-refractivity contribution < 1.29 is 21.6 Å². The fourth-order valence-corrected chi connectivity index (χ4v) is 5.23. The minimum atomic E-state index is -3.78. The smallest absolute Gasteiger partial charge is 0.233 e. The molecule has 0 aliphatic rings. The predicted molar refractivity (Wildman–Crippen MR) is 98.1 cm³/mol. The Balaban J connectivity index is 2.00. The molecule has 0 aliphatic heterocycles. The molecule has 25 heavy (non-hydrogen) atoms. The molecule has 2 aromatic rings. The van der Waals surface area contributed by atoms with E-state index in [0.29, 0.717) is 11.4 Å². The maximum atomic E-state index is 12.2. The number of nitrogens with one attached hydrogen (secondary N) is 1. The van der Waals surface area contributed by atoms with Gasteiger partial charge in [-0.15, -0.1) is 0 Å². The normalized spacial score (nSPS) is 12.1. The van der Waals surface area contributed by atoms with Crippen LogP contribution in [0.25, 0.3) is 0 Å². The fraction of sp³-hybridized carbons (Fsp3) is 0.294. The van der Waals surface area contributed by atoms with E-state index in [2.05, 4.69) is 4.72 Å².